The number of carbonyl (C=O) groups excluding carboxylic acids is 1. The number of rotatable bonds is 1. The van der Waals surface area contributed by atoms with Crippen LogP contribution in [0.1, 0.15) is 65.0 Å². The topological polar surface area (TPSA) is 95.4 Å². The maximum absolute atomic E-state index is 11.8. The number of hydrogen-bond acceptors (Lipinski definition) is 4. The Kier molecular flexibility index (Phi) is 3.18. The van der Waals surface area contributed by atoms with Crippen LogP contribution >= 0.6 is 0 Å². The molecule has 2 N–H and O–H groups in total. The highest BCUT2D eigenvalue weighted by Gasteiger charge is 2.54. The van der Waals surface area contributed by atoms with Gasteiger partial charge in [0.05, 0.1) is 0 Å². The van der Waals surface area contributed by atoms with Gasteiger partial charge in [-0.1, -0.05) is 13.0 Å². The maximum atomic E-state index is 11.8. The Hall–Kier alpha value is -2.50. The predicted molar refractivity (Wildman–Crippen MR) is 95.2 cm³/mol. The van der Waals surface area contributed by atoms with Crippen molar-refractivity contribution in [2.75, 3.05) is 0 Å². The van der Waals surface area contributed by atoms with E-state index in [1.54, 1.807) is 6.07 Å². The molecule has 1 fully saturated rings. The van der Waals surface area contributed by atoms with Gasteiger partial charge in [-0.15, -0.1) is 4.91 Å². The van der Waals surface area contributed by atoms with Gasteiger partial charge in [0.15, 0.2) is 5.69 Å². The molecule has 1 aromatic heterocycles. The molecule has 6 heteroatoms. The van der Waals surface area contributed by atoms with Crippen LogP contribution in [0, 0.1) is 16.7 Å². The van der Waals surface area contributed by atoms with Gasteiger partial charge >= 0.3 is 5.91 Å². The van der Waals surface area contributed by atoms with Crippen LogP contribution in [0.3, 0.4) is 0 Å². The van der Waals surface area contributed by atoms with Crippen molar-refractivity contribution < 1.29 is 9.90 Å². The second-order valence-electron chi connectivity index (χ2n) is 8.28. The third-order valence-electron chi connectivity index (χ3n) is 7.25. The van der Waals surface area contributed by atoms with E-state index in [0.29, 0.717) is 23.5 Å². The zero-order valence-corrected chi connectivity index (χ0v) is 14.7. The Labute approximate surface area is 151 Å². The number of phenolic OH excluding ortho intramolecular Hbond substituents is 1. The molecule has 3 unspecified atom stereocenters. The second kappa shape index (κ2) is 5.25. The monoisotopic (exact) mass is 351 g/mol. The molecule has 6 nitrogen and oxygen atoms in total. The summed E-state index contributed by atoms with van der Waals surface area (Å²) in [5, 5.41) is 19.5. The molecular weight excluding hydrogens is 330 g/mol. The van der Waals surface area contributed by atoms with Crippen LogP contribution in [0.25, 0.3) is 0 Å². The summed E-state index contributed by atoms with van der Waals surface area (Å²) in [6.07, 6.45) is 4.97. The van der Waals surface area contributed by atoms with Crippen LogP contribution in [0.2, 0.25) is 0 Å². The number of carbonyl (C=O) groups is 1. The number of phenols is 1. The molecule has 0 spiro atoms. The van der Waals surface area contributed by atoms with Crippen molar-refractivity contribution >= 4 is 5.91 Å². The summed E-state index contributed by atoms with van der Waals surface area (Å²) >= 11 is 0. The standard InChI is InChI=1S/C20H21N3O3/c1-20-7-6-13-12-5-3-11(24)8-10(12)2-4-14(13)16(20)9-15-17(19(25)23-26)21-22-18(15)20/h3,5,8,13-14,16,24H,2,4,6-7,9H2,1H3,(H,21,22)/t13?,14?,16?,20-/m0/s1. The third kappa shape index (κ3) is 1.93. The Morgan fingerprint density at radius 1 is 1.38 bits per heavy atom. The Morgan fingerprint density at radius 3 is 3.04 bits per heavy atom. The molecule has 1 aromatic carbocycles. The van der Waals surface area contributed by atoms with E-state index in [-0.39, 0.29) is 11.1 Å². The third-order valence-corrected chi connectivity index (χ3v) is 7.25. The summed E-state index contributed by atoms with van der Waals surface area (Å²) in [7, 11) is 0. The van der Waals surface area contributed by atoms with E-state index in [1.807, 2.05) is 6.07 Å². The lowest BCUT2D eigenvalue weighted by molar-refractivity contribution is 0.0981. The van der Waals surface area contributed by atoms with Crippen LogP contribution in [-0.2, 0) is 18.3 Å². The molecule has 4 atom stereocenters. The Morgan fingerprint density at radius 2 is 2.23 bits per heavy atom. The van der Waals surface area contributed by atoms with Crippen molar-refractivity contribution in [1.29, 1.82) is 0 Å². The van der Waals surface area contributed by atoms with Gasteiger partial charge in [-0.05, 0) is 73.1 Å². The molecule has 26 heavy (non-hydrogen) atoms. The number of nitrogens with zero attached hydrogens (tertiary/aromatic N) is 2. The first kappa shape index (κ1) is 15.7. The van der Waals surface area contributed by atoms with Gasteiger partial charge in [0.25, 0.3) is 0 Å². The van der Waals surface area contributed by atoms with Gasteiger partial charge in [0, 0.05) is 21.8 Å². The van der Waals surface area contributed by atoms with E-state index in [0.717, 1.165) is 43.4 Å². The number of amides is 1. The number of fused-ring (bicyclic) bond motifs is 7. The predicted octanol–water partition coefficient (Wildman–Crippen LogP) is 3.59. The van der Waals surface area contributed by atoms with Crippen molar-refractivity contribution in [2.45, 2.75) is 50.4 Å². The van der Waals surface area contributed by atoms with Crippen LogP contribution in [0.5, 0.6) is 5.75 Å². The van der Waals surface area contributed by atoms with E-state index in [9.17, 15) is 14.8 Å². The normalized spacial score (nSPS) is 31.5. The SMILES string of the molecule is C[C@]12CCC3c4ccc(O)cc4CCC3C1Cc1c(C(=O)N=O)n[nH]c12. The number of hydrogen-bond donors (Lipinski definition) is 2. The van der Waals surface area contributed by atoms with Crippen LogP contribution < -0.4 is 0 Å². The van der Waals surface area contributed by atoms with Crippen molar-refractivity contribution in [3.63, 3.8) is 0 Å². The molecule has 0 aliphatic heterocycles. The minimum atomic E-state index is -0.772. The Balaban J connectivity index is 1.54. The number of benzene rings is 1. The largest absolute Gasteiger partial charge is 0.508 e. The number of aryl methyl sites for hydroxylation is 1. The molecule has 5 rings (SSSR count). The van der Waals surface area contributed by atoms with E-state index in [4.69, 9.17) is 0 Å². The minimum Gasteiger partial charge on any atom is -0.508 e. The summed E-state index contributed by atoms with van der Waals surface area (Å²) in [5.74, 6) is 1.04. The van der Waals surface area contributed by atoms with Gasteiger partial charge < -0.3 is 5.11 Å². The van der Waals surface area contributed by atoms with Gasteiger partial charge in [0.1, 0.15) is 5.75 Å². The molecule has 3 aliphatic rings. The first-order valence-electron chi connectivity index (χ1n) is 9.30. The zero-order chi connectivity index (χ0) is 18.1. The first-order valence-corrected chi connectivity index (χ1v) is 9.30. The lowest BCUT2D eigenvalue weighted by Gasteiger charge is -2.49. The van der Waals surface area contributed by atoms with Crippen LogP contribution in [-0.4, -0.2) is 21.2 Å². The maximum Gasteiger partial charge on any atom is 0.337 e. The van der Waals surface area contributed by atoms with Gasteiger partial charge in [0.2, 0.25) is 0 Å². The quantitative estimate of drug-likeness (QED) is 0.768. The van der Waals surface area contributed by atoms with Crippen molar-refractivity contribution in [3.05, 3.63) is 51.2 Å². The molecular formula is C20H21N3O3. The van der Waals surface area contributed by atoms with E-state index in [2.05, 4.69) is 28.4 Å². The smallest absolute Gasteiger partial charge is 0.337 e. The average molecular weight is 351 g/mol. The lowest BCUT2D eigenvalue weighted by atomic mass is 9.55. The first-order chi connectivity index (χ1) is 12.5. The van der Waals surface area contributed by atoms with Crippen LogP contribution in [0.15, 0.2) is 23.4 Å². The minimum absolute atomic E-state index is 0.0284. The van der Waals surface area contributed by atoms with Gasteiger partial charge in [-0.25, -0.2) is 0 Å². The highest BCUT2D eigenvalue weighted by Crippen LogP contribution is 2.60. The highest BCUT2D eigenvalue weighted by atomic mass is 16.3. The van der Waals surface area contributed by atoms with Crippen molar-refractivity contribution in [1.82, 2.24) is 10.2 Å². The lowest BCUT2D eigenvalue weighted by Crippen LogP contribution is -2.43. The second-order valence-corrected chi connectivity index (χ2v) is 8.28. The molecule has 3 aliphatic carbocycles. The molecule has 0 bridgehead atoms. The number of aromatic nitrogens is 2. The summed E-state index contributed by atoms with van der Waals surface area (Å²) in [6, 6.07) is 5.79. The summed E-state index contributed by atoms with van der Waals surface area (Å²) in [5.41, 5.74) is 4.76. The molecule has 1 saturated carbocycles. The molecule has 2 aromatic rings. The number of nitrogens with one attached hydrogen (secondary N) is 1. The number of aromatic hydroxyl groups is 1. The fourth-order valence-corrected chi connectivity index (χ4v) is 6.05. The highest BCUT2D eigenvalue weighted by molar-refractivity contribution is 5.94. The Bertz CT molecular complexity index is 934. The molecule has 1 amide bonds. The van der Waals surface area contributed by atoms with Gasteiger partial charge in [-0.3, -0.25) is 9.89 Å². The fourth-order valence-electron chi connectivity index (χ4n) is 6.05. The molecule has 0 radical (unpaired) electrons. The van der Waals surface area contributed by atoms with E-state index >= 15 is 0 Å². The molecule has 0 saturated heterocycles. The van der Waals surface area contributed by atoms with E-state index in [1.165, 1.54) is 11.1 Å². The zero-order valence-electron chi connectivity index (χ0n) is 14.7. The molecule has 134 valence electrons. The average Bonchev–Trinajstić information content (AvgIpc) is 3.18. The number of aromatic amines is 1. The fraction of sp³-hybridized carbons (Fsp3) is 0.500. The van der Waals surface area contributed by atoms with Crippen molar-refractivity contribution in [2.24, 2.45) is 17.0 Å². The van der Waals surface area contributed by atoms with Crippen LogP contribution in [0.4, 0.5) is 0 Å². The van der Waals surface area contributed by atoms with Gasteiger partial charge in [-0.2, -0.15) is 5.10 Å². The molecule has 1 heterocycles. The summed E-state index contributed by atoms with van der Waals surface area (Å²) in [6.45, 7) is 2.27. The van der Waals surface area contributed by atoms with Crippen molar-refractivity contribution in [3.8, 4) is 5.75 Å². The number of H-pyrrole nitrogens is 1. The summed E-state index contributed by atoms with van der Waals surface area (Å²) in [4.78, 5) is 22.6. The summed E-state index contributed by atoms with van der Waals surface area (Å²) < 4.78 is 0. The van der Waals surface area contributed by atoms with E-state index < -0.39 is 5.91 Å². The number of nitroso groups, excluding NO2 is 1.